The number of fused-ring (bicyclic) bond motifs is 2. The lowest BCUT2D eigenvalue weighted by Crippen LogP contribution is -2.39. The maximum Gasteiger partial charge on any atom is 0.0417 e. The van der Waals surface area contributed by atoms with Gasteiger partial charge in [-0.1, -0.05) is 17.7 Å². The molecular formula is C13H17Cl2NS. The minimum Gasteiger partial charge on any atom is -0.311 e. The van der Waals surface area contributed by atoms with Crippen LogP contribution in [-0.4, -0.2) is 17.3 Å². The van der Waals surface area contributed by atoms with Gasteiger partial charge in [0, 0.05) is 27.3 Å². The van der Waals surface area contributed by atoms with Crippen LogP contribution >= 0.6 is 35.8 Å². The SMILES string of the molecule is Cl.Clc1cccc(SC2CC3CCC(C2)N3)c1. The summed E-state index contributed by atoms with van der Waals surface area (Å²) in [7, 11) is 0. The van der Waals surface area contributed by atoms with Gasteiger partial charge in [0.25, 0.3) is 0 Å². The minimum atomic E-state index is 0. The van der Waals surface area contributed by atoms with E-state index in [4.69, 9.17) is 11.6 Å². The van der Waals surface area contributed by atoms with Gasteiger partial charge in [-0.3, -0.25) is 0 Å². The van der Waals surface area contributed by atoms with Crippen molar-refractivity contribution in [3.8, 4) is 0 Å². The van der Waals surface area contributed by atoms with E-state index >= 15 is 0 Å². The normalized spacial score (nSPS) is 31.0. The molecule has 0 saturated carbocycles. The Morgan fingerprint density at radius 1 is 1.18 bits per heavy atom. The second kappa shape index (κ2) is 5.83. The molecule has 1 nitrogen and oxygen atoms in total. The fraction of sp³-hybridized carbons (Fsp3) is 0.538. The first kappa shape index (κ1) is 13.5. The van der Waals surface area contributed by atoms with E-state index in [1.165, 1.54) is 30.6 Å². The molecule has 0 aliphatic carbocycles. The summed E-state index contributed by atoms with van der Waals surface area (Å²) in [6.45, 7) is 0. The van der Waals surface area contributed by atoms with Crippen molar-refractivity contribution in [3.05, 3.63) is 29.3 Å². The average Bonchev–Trinajstić information content (AvgIpc) is 2.58. The van der Waals surface area contributed by atoms with Crippen molar-refractivity contribution in [2.45, 2.75) is 47.9 Å². The quantitative estimate of drug-likeness (QED) is 0.878. The van der Waals surface area contributed by atoms with Crippen LogP contribution < -0.4 is 5.32 Å². The van der Waals surface area contributed by atoms with Crippen molar-refractivity contribution >= 4 is 35.8 Å². The van der Waals surface area contributed by atoms with E-state index < -0.39 is 0 Å². The highest BCUT2D eigenvalue weighted by Gasteiger charge is 2.33. The maximum absolute atomic E-state index is 6.01. The van der Waals surface area contributed by atoms with Crippen LogP contribution in [0.2, 0.25) is 5.02 Å². The summed E-state index contributed by atoms with van der Waals surface area (Å²) in [5.74, 6) is 0. The minimum absolute atomic E-state index is 0. The Kier molecular flexibility index (Phi) is 4.65. The summed E-state index contributed by atoms with van der Waals surface area (Å²) < 4.78 is 0. The smallest absolute Gasteiger partial charge is 0.0417 e. The molecule has 4 heteroatoms. The van der Waals surface area contributed by atoms with E-state index in [1.807, 2.05) is 23.9 Å². The van der Waals surface area contributed by atoms with Crippen molar-refractivity contribution in [2.75, 3.05) is 0 Å². The number of thioether (sulfide) groups is 1. The summed E-state index contributed by atoms with van der Waals surface area (Å²) in [5, 5.41) is 5.30. The molecule has 3 rings (SSSR count). The second-order valence-electron chi connectivity index (χ2n) is 4.81. The van der Waals surface area contributed by atoms with E-state index in [0.717, 1.165) is 22.4 Å². The highest BCUT2D eigenvalue weighted by Crippen LogP contribution is 2.37. The molecule has 0 spiro atoms. The van der Waals surface area contributed by atoms with Gasteiger partial charge in [0.05, 0.1) is 0 Å². The third-order valence-corrected chi connectivity index (χ3v) is 5.01. The van der Waals surface area contributed by atoms with E-state index in [-0.39, 0.29) is 12.4 Å². The molecular weight excluding hydrogens is 273 g/mol. The van der Waals surface area contributed by atoms with Crippen molar-refractivity contribution in [1.82, 2.24) is 5.32 Å². The van der Waals surface area contributed by atoms with Crippen molar-refractivity contribution in [1.29, 1.82) is 0 Å². The first-order valence-corrected chi connectivity index (χ1v) is 7.23. The average molecular weight is 290 g/mol. The van der Waals surface area contributed by atoms with Crippen LogP contribution in [0.1, 0.15) is 25.7 Å². The zero-order chi connectivity index (χ0) is 11.0. The van der Waals surface area contributed by atoms with Crippen LogP contribution in [0.3, 0.4) is 0 Å². The van der Waals surface area contributed by atoms with Crippen molar-refractivity contribution in [2.24, 2.45) is 0 Å². The van der Waals surface area contributed by atoms with Crippen LogP contribution in [0.25, 0.3) is 0 Å². The summed E-state index contributed by atoms with van der Waals surface area (Å²) in [4.78, 5) is 1.32. The molecule has 2 aliphatic rings. The molecule has 2 aliphatic heterocycles. The first-order chi connectivity index (χ1) is 7.79. The Balaban J connectivity index is 0.00000108. The van der Waals surface area contributed by atoms with Gasteiger partial charge in [0.2, 0.25) is 0 Å². The zero-order valence-corrected chi connectivity index (χ0v) is 12.0. The van der Waals surface area contributed by atoms with Crippen molar-refractivity contribution < 1.29 is 0 Å². The van der Waals surface area contributed by atoms with Gasteiger partial charge in [-0.05, 0) is 43.9 Å². The molecule has 0 amide bonds. The van der Waals surface area contributed by atoms with E-state index in [9.17, 15) is 0 Å². The Labute approximate surface area is 118 Å². The largest absolute Gasteiger partial charge is 0.311 e. The molecule has 17 heavy (non-hydrogen) atoms. The molecule has 2 unspecified atom stereocenters. The maximum atomic E-state index is 6.01. The summed E-state index contributed by atoms with van der Waals surface area (Å²) >= 11 is 8.01. The number of benzene rings is 1. The van der Waals surface area contributed by atoms with Crippen LogP contribution in [-0.2, 0) is 0 Å². The highest BCUT2D eigenvalue weighted by atomic mass is 35.5. The molecule has 2 fully saturated rings. The van der Waals surface area contributed by atoms with Crippen LogP contribution in [0, 0.1) is 0 Å². The number of hydrogen-bond donors (Lipinski definition) is 1. The number of piperidine rings is 1. The van der Waals surface area contributed by atoms with Gasteiger partial charge < -0.3 is 5.32 Å². The lowest BCUT2D eigenvalue weighted by atomic mass is 10.1. The Morgan fingerprint density at radius 2 is 1.88 bits per heavy atom. The molecule has 94 valence electrons. The molecule has 1 aromatic carbocycles. The molecule has 2 atom stereocenters. The molecule has 2 bridgehead atoms. The third kappa shape index (κ3) is 3.31. The van der Waals surface area contributed by atoms with Gasteiger partial charge in [-0.2, -0.15) is 0 Å². The predicted octanol–water partition coefficient (Wildman–Crippen LogP) is 4.14. The fourth-order valence-corrected chi connectivity index (χ4v) is 4.48. The monoisotopic (exact) mass is 289 g/mol. The van der Waals surface area contributed by atoms with Crippen LogP contribution in [0.15, 0.2) is 29.2 Å². The highest BCUT2D eigenvalue weighted by molar-refractivity contribution is 8.00. The predicted molar refractivity (Wildman–Crippen MR) is 77.5 cm³/mol. The summed E-state index contributed by atoms with van der Waals surface area (Å²) in [5.41, 5.74) is 0. The van der Waals surface area contributed by atoms with E-state index in [0.29, 0.717) is 0 Å². The first-order valence-electron chi connectivity index (χ1n) is 5.98. The molecule has 0 radical (unpaired) electrons. The van der Waals surface area contributed by atoms with E-state index in [1.54, 1.807) is 0 Å². The van der Waals surface area contributed by atoms with Gasteiger partial charge in [0.15, 0.2) is 0 Å². The number of hydrogen-bond acceptors (Lipinski definition) is 2. The standard InChI is InChI=1S/C13H16ClNS.ClH/c14-9-2-1-3-12(6-9)16-13-7-10-4-5-11(8-13)15-10;/h1-3,6,10-11,13,15H,4-5,7-8H2;1H. The Hall–Kier alpha value is 0.110. The Bertz CT molecular complexity index is 373. The van der Waals surface area contributed by atoms with Gasteiger partial charge >= 0.3 is 0 Å². The second-order valence-corrected chi connectivity index (χ2v) is 6.62. The zero-order valence-electron chi connectivity index (χ0n) is 9.56. The molecule has 1 N–H and O–H groups in total. The fourth-order valence-electron chi connectivity index (χ4n) is 2.83. The van der Waals surface area contributed by atoms with Crippen LogP contribution in [0.4, 0.5) is 0 Å². The number of nitrogens with one attached hydrogen (secondary N) is 1. The van der Waals surface area contributed by atoms with Gasteiger partial charge in [0.1, 0.15) is 0 Å². The Morgan fingerprint density at radius 3 is 2.53 bits per heavy atom. The molecule has 2 heterocycles. The molecule has 0 aromatic heterocycles. The van der Waals surface area contributed by atoms with Gasteiger partial charge in [-0.25, -0.2) is 0 Å². The third-order valence-electron chi connectivity index (χ3n) is 3.53. The van der Waals surface area contributed by atoms with Crippen molar-refractivity contribution in [3.63, 3.8) is 0 Å². The summed E-state index contributed by atoms with van der Waals surface area (Å²) in [6.07, 6.45) is 5.37. The van der Waals surface area contributed by atoms with Gasteiger partial charge in [-0.15, -0.1) is 24.2 Å². The van der Waals surface area contributed by atoms with Crippen LogP contribution in [0.5, 0.6) is 0 Å². The number of rotatable bonds is 2. The lowest BCUT2D eigenvalue weighted by molar-refractivity contribution is 0.415. The lowest BCUT2D eigenvalue weighted by Gasteiger charge is -2.28. The summed E-state index contributed by atoms with van der Waals surface area (Å²) in [6, 6.07) is 9.78. The van der Waals surface area contributed by atoms with E-state index in [2.05, 4.69) is 17.4 Å². The topological polar surface area (TPSA) is 12.0 Å². The number of halogens is 2. The molecule has 2 saturated heterocycles. The molecule has 1 aromatic rings.